The predicted molar refractivity (Wildman–Crippen MR) is 28.0 cm³/mol. The van der Waals surface area contributed by atoms with Crippen molar-refractivity contribution in [3.63, 3.8) is 0 Å². The van der Waals surface area contributed by atoms with Crippen molar-refractivity contribution in [2.24, 2.45) is 0 Å². The summed E-state index contributed by atoms with van der Waals surface area (Å²) in [5.41, 5.74) is 0. The average molecular weight is 378 g/mol. The van der Waals surface area contributed by atoms with Gasteiger partial charge in [0.2, 0.25) is 0 Å². The Bertz CT molecular complexity index is 27.0. The van der Waals surface area contributed by atoms with Crippen LogP contribution >= 0.6 is 0 Å². The Hall–Kier alpha value is 2.06. The molecule has 36 valence electrons. The van der Waals surface area contributed by atoms with Gasteiger partial charge in [-0.25, -0.2) is 0 Å². The summed E-state index contributed by atoms with van der Waals surface area (Å²) in [6.45, 7) is 1.12. The summed E-state index contributed by atoms with van der Waals surface area (Å²) in [7, 11) is 0. The van der Waals surface area contributed by atoms with Gasteiger partial charge in [-0.05, 0) is 0 Å². The normalized spacial score (nSPS) is 24.0. The molecule has 1 fully saturated rings. The molecule has 0 aromatic carbocycles. The summed E-state index contributed by atoms with van der Waals surface area (Å²) in [6.07, 6.45) is 0. The summed E-state index contributed by atoms with van der Waals surface area (Å²) >= 11 is 1.89. The van der Waals surface area contributed by atoms with E-state index >= 15 is 0 Å². The second-order valence-corrected chi connectivity index (χ2v) is 25.1. The summed E-state index contributed by atoms with van der Waals surface area (Å²) in [5, 5.41) is 1.43. The second kappa shape index (κ2) is 3.99. The van der Waals surface area contributed by atoms with E-state index in [0.29, 0.717) is 14.8 Å². The van der Waals surface area contributed by atoms with Gasteiger partial charge in [-0.2, -0.15) is 0 Å². The van der Waals surface area contributed by atoms with E-state index in [2.05, 4.69) is 0 Å². The van der Waals surface area contributed by atoms with Crippen LogP contribution in [0.4, 0.5) is 0 Å². The van der Waals surface area contributed by atoms with E-state index in [4.69, 9.17) is 3.10 Å². The minimum absolute atomic E-state index is 0.230. The Balaban J connectivity index is 2.00. The molecule has 0 radical (unpaired) electrons. The fourth-order valence-corrected chi connectivity index (χ4v) is 21.0. The van der Waals surface area contributed by atoms with E-state index in [1.54, 1.807) is 0 Å². The maximum atomic E-state index is 5.27. The Labute approximate surface area is 58.3 Å². The zero-order valence-corrected chi connectivity index (χ0v) is 9.42. The van der Waals surface area contributed by atoms with Crippen molar-refractivity contribution >= 4 is 44.1 Å². The molecule has 1 aliphatic heterocycles. The molecule has 0 aromatic rings. The Morgan fingerprint density at radius 2 is 2.67 bits per heavy atom. The van der Waals surface area contributed by atoms with Crippen LogP contribution in [0.3, 0.4) is 0 Å². The van der Waals surface area contributed by atoms with Crippen molar-refractivity contribution in [3.8, 4) is 0 Å². The number of hydrogen-bond donors (Lipinski definition) is 0. The third-order valence-corrected chi connectivity index (χ3v) is 23.8. The molecule has 0 bridgehead atoms. The van der Waals surface area contributed by atoms with Crippen LogP contribution < -0.4 is 0 Å². The average Bonchev–Trinajstić information content (AvgIpc) is 1.72. The number of rotatable bonds is 0. The Morgan fingerprint density at radius 1 is 1.67 bits per heavy atom. The van der Waals surface area contributed by atoms with E-state index in [-0.39, 0.29) is 17.5 Å². The summed E-state index contributed by atoms with van der Waals surface area (Å²) in [4.78, 5) is 0. The first-order chi connectivity index (χ1) is 3.00. The van der Waals surface area contributed by atoms with E-state index in [0.717, 1.165) is 18.4 Å². The molecule has 1 saturated heterocycles. The molecule has 4 heteroatoms. The zero-order chi connectivity index (χ0) is 4.24. The quantitative estimate of drug-likeness (QED) is 0.507. The molecule has 1 rings (SSSR count). The molecule has 1 aliphatic rings. The van der Waals surface area contributed by atoms with Gasteiger partial charge in [-0.3, -0.25) is 0 Å². The number of hydrogen-bond acceptors (Lipinski definition) is 1. The van der Waals surface area contributed by atoms with Crippen LogP contribution in [0.5, 0.6) is 0 Å². The Morgan fingerprint density at radius 3 is 2.83 bits per heavy atom. The summed E-state index contributed by atoms with van der Waals surface area (Å²) < 4.78 is 5.27. The van der Waals surface area contributed by atoms with Crippen molar-refractivity contribution in [2.75, 3.05) is 6.61 Å². The molecule has 0 saturated carbocycles. The molecule has 0 N–H and O–H groups in total. The maximum absolute atomic E-state index is 5.27. The molecule has 1 heterocycles. The molecular weight excluding hydrogens is 374 g/mol. The van der Waals surface area contributed by atoms with Crippen molar-refractivity contribution in [1.29, 1.82) is 0 Å². The molecule has 0 amide bonds. The van der Waals surface area contributed by atoms with Gasteiger partial charge >= 0.3 is 59.1 Å². The summed E-state index contributed by atoms with van der Waals surface area (Å²) in [5.74, 6) is 0. The van der Waals surface area contributed by atoms with E-state index < -0.39 is 0 Å². The van der Waals surface area contributed by atoms with Gasteiger partial charge in [0, 0.05) is 0 Å². The molecule has 0 spiro atoms. The van der Waals surface area contributed by atoms with Crippen LogP contribution in [-0.2, 0) is 3.10 Å². The van der Waals surface area contributed by atoms with Gasteiger partial charge in [0.05, 0.1) is 0 Å². The second-order valence-electron chi connectivity index (χ2n) is 0.780. The first kappa shape index (κ1) is 6.18. The minimum atomic E-state index is 0.230. The van der Waals surface area contributed by atoms with Gasteiger partial charge in [0.15, 0.2) is 0 Å². The molecule has 0 atom stereocenters. The van der Waals surface area contributed by atoms with Gasteiger partial charge in [0.25, 0.3) is 0 Å². The zero-order valence-electron chi connectivity index (χ0n) is 3.05. The summed E-state index contributed by atoms with van der Waals surface area (Å²) in [6, 6.07) is 0. The van der Waals surface area contributed by atoms with Gasteiger partial charge in [-0.1, -0.05) is 0 Å². The Kier molecular flexibility index (Phi) is 4.11. The van der Waals surface area contributed by atoms with Crippen LogP contribution in [0.2, 0.25) is 5.32 Å². The monoisotopic (exact) mass is 384 g/mol. The predicted octanol–water partition coefficient (Wildman–Crippen LogP) is -0.708. The first-order valence-corrected chi connectivity index (χ1v) is 16.7. The van der Waals surface area contributed by atoms with Crippen LogP contribution in [0, 0.1) is 0 Å². The van der Waals surface area contributed by atoms with E-state index in [1.807, 2.05) is 0 Å². The van der Waals surface area contributed by atoms with Crippen molar-refractivity contribution in [3.05, 3.63) is 0 Å². The van der Waals surface area contributed by atoms with Crippen LogP contribution in [0.15, 0.2) is 0 Å². The van der Waals surface area contributed by atoms with E-state index in [1.165, 1.54) is 5.32 Å². The van der Waals surface area contributed by atoms with Crippen LogP contribution in [0.25, 0.3) is 0 Å². The third kappa shape index (κ3) is 2.39. The topological polar surface area (TPSA) is 9.23 Å². The van der Waals surface area contributed by atoms with Crippen LogP contribution in [-0.4, -0.2) is 50.7 Å². The standard InChI is InChI=1S/C2H4OSeTe2/c1-2-4-6-5-3-1/h1-2H2. The molecule has 0 unspecified atom stereocenters. The third-order valence-electron chi connectivity index (χ3n) is 0.374. The van der Waals surface area contributed by atoms with Gasteiger partial charge < -0.3 is 0 Å². The molecule has 6 heavy (non-hydrogen) atoms. The fourth-order valence-electron chi connectivity index (χ4n) is 0.175. The first-order valence-electron chi connectivity index (χ1n) is 1.58. The molecular formula is C2H4OSeTe2. The molecule has 0 aliphatic carbocycles. The van der Waals surface area contributed by atoms with Crippen LogP contribution in [0.1, 0.15) is 0 Å². The van der Waals surface area contributed by atoms with Crippen molar-refractivity contribution in [2.45, 2.75) is 5.32 Å². The SMILES string of the molecule is C1C[Se][Te][Te]O1. The fraction of sp³-hybridized carbons (Fsp3) is 1.00. The molecule has 1 nitrogen and oxygen atoms in total. The van der Waals surface area contributed by atoms with Crippen molar-refractivity contribution < 1.29 is 3.10 Å². The molecule has 0 aromatic heterocycles. The van der Waals surface area contributed by atoms with Crippen molar-refractivity contribution in [1.82, 2.24) is 0 Å². The van der Waals surface area contributed by atoms with E-state index in [9.17, 15) is 0 Å². The van der Waals surface area contributed by atoms with Gasteiger partial charge in [-0.15, -0.1) is 0 Å². The van der Waals surface area contributed by atoms with Gasteiger partial charge in [0.1, 0.15) is 0 Å².